The lowest BCUT2D eigenvalue weighted by molar-refractivity contribution is 0.138. The molecule has 2 heterocycles. The molecule has 0 aliphatic carbocycles. The van der Waals surface area contributed by atoms with Crippen LogP contribution in [0.15, 0.2) is 18.2 Å². The molecular weight excluding hydrogens is 248 g/mol. The summed E-state index contributed by atoms with van der Waals surface area (Å²) in [6.45, 7) is 9.75. The average molecular weight is 274 g/mol. The minimum absolute atomic E-state index is 0.784. The Morgan fingerprint density at radius 1 is 1.30 bits per heavy atom. The normalized spacial score (nSPS) is 26.5. The van der Waals surface area contributed by atoms with Gasteiger partial charge in [-0.15, -0.1) is 0 Å². The van der Waals surface area contributed by atoms with Crippen LogP contribution in [0.4, 0.5) is 0 Å². The third kappa shape index (κ3) is 3.15. The predicted octanol–water partition coefficient (Wildman–Crippen LogP) is 2.37. The Morgan fingerprint density at radius 2 is 2.20 bits per heavy atom. The van der Waals surface area contributed by atoms with Gasteiger partial charge < -0.3 is 10.1 Å². The van der Waals surface area contributed by atoms with E-state index in [1.54, 1.807) is 0 Å². The first-order valence-electron chi connectivity index (χ1n) is 7.88. The summed E-state index contributed by atoms with van der Waals surface area (Å²) in [6.07, 6.45) is 2.65. The van der Waals surface area contributed by atoms with Crippen molar-refractivity contribution < 1.29 is 4.74 Å². The summed E-state index contributed by atoms with van der Waals surface area (Å²) in [4.78, 5) is 2.57. The fourth-order valence-corrected chi connectivity index (χ4v) is 3.47. The number of fused-ring (bicyclic) bond motifs is 1. The Labute approximate surface area is 122 Å². The number of nitrogens with one attached hydrogen (secondary N) is 1. The summed E-state index contributed by atoms with van der Waals surface area (Å²) in [5.74, 6) is 1.91. The van der Waals surface area contributed by atoms with Crippen molar-refractivity contribution in [3.8, 4) is 5.75 Å². The van der Waals surface area contributed by atoms with Gasteiger partial charge in [0.15, 0.2) is 0 Å². The zero-order valence-electron chi connectivity index (χ0n) is 12.7. The Hall–Kier alpha value is -1.06. The number of rotatable bonds is 4. The van der Waals surface area contributed by atoms with Gasteiger partial charge in [-0.1, -0.05) is 12.1 Å². The fraction of sp³-hybridized carbons (Fsp3) is 0.647. The Bertz CT molecular complexity index is 460. The van der Waals surface area contributed by atoms with Gasteiger partial charge in [0.2, 0.25) is 0 Å². The van der Waals surface area contributed by atoms with Crippen LogP contribution in [0.25, 0.3) is 0 Å². The van der Waals surface area contributed by atoms with Crippen molar-refractivity contribution in [1.29, 1.82) is 0 Å². The highest BCUT2D eigenvalue weighted by molar-refractivity contribution is 5.35. The molecule has 0 amide bonds. The predicted molar refractivity (Wildman–Crippen MR) is 82.4 cm³/mol. The van der Waals surface area contributed by atoms with E-state index >= 15 is 0 Å². The molecule has 110 valence electrons. The molecule has 0 aromatic heterocycles. The molecule has 1 aromatic carbocycles. The van der Waals surface area contributed by atoms with Crippen molar-refractivity contribution in [3.63, 3.8) is 0 Å². The Kier molecular flexibility index (Phi) is 4.27. The molecule has 2 unspecified atom stereocenters. The second kappa shape index (κ2) is 6.15. The lowest BCUT2D eigenvalue weighted by atomic mass is 9.93. The summed E-state index contributed by atoms with van der Waals surface area (Å²) in [6, 6.07) is 7.20. The maximum atomic E-state index is 5.97. The third-order valence-corrected chi connectivity index (χ3v) is 4.75. The second-order valence-electron chi connectivity index (χ2n) is 6.32. The van der Waals surface area contributed by atoms with Crippen LogP contribution in [0.2, 0.25) is 0 Å². The van der Waals surface area contributed by atoms with Crippen LogP contribution in [0.5, 0.6) is 5.75 Å². The van der Waals surface area contributed by atoms with Crippen LogP contribution in [-0.4, -0.2) is 43.7 Å². The van der Waals surface area contributed by atoms with Crippen LogP contribution < -0.4 is 10.1 Å². The van der Waals surface area contributed by atoms with E-state index < -0.39 is 0 Å². The topological polar surface area (TPSA) is 24.5 Å². The van der Waals surface area contributed by atoms with Gasteiger partial charge in [-0.25, -0.2) is 0 Å². The van der Waals surface area contributed by atoms with E-state index in [1.165, 1.54) is 43.6 Å². The van der Waals surface area contributed by atoms with Crippen LogP contribution in [0.3, 0.4) is 0 Å². The van der Waals surface area contributed by atoms with E-state index in [4.69, 9.17) is 4.74 Å². The van der Waals surface area contributed by atoms with Gasteiger partial charge in [-0.05, 0) is 62.9 Å². The van der Waals surface area contributed by atoms with Crippen molar-refractivity contribution in [1.82, 2.24) is 10.2 Å². The molecule has 0 bridgehead atoms. The van der Waals surface area contributed by atoms with Crippen LogP contribution in [-0.2, 0) is 0 Å². The number of benzene rings is 1. The van der Waals surface area contributed by atoms with E-state index in [1.807, 2.05) is 0 Å². The number of nitrogens with zero attached hydrogens (tertiary/aromatic N) is 1. The highest BCUT2D eigenvalue weighted by Gasteiger charge is 2.32. The van der Waals surface area contributed by atoms with E-state index in [-0.39, 0.29) is 0 Å². The first-order chi connectivity index (χ1) is 9.72. The zero-order chi connectivity index (χ0) is 13.9. The average Bonchev–Trinajstić information content (AvgIpc) is 2.90. The number of ether oxygens (including phenoxy) is 1. The van der Waals surface area contributed by atoms with Crippen LogP contribution in [0, 0.1) is 19.8 Å². The van der Waals surface area contributed by atoms with Gasteiger partial charge in [0, 0.05) is 19.1 Å². The highest BCUT2D eigenvalue weighted by Crippen LogP contribution is 2.24. The van der Waals surface area contributed by atoms with Gasteiger partial charge in [0.25, 0.3) is 0 Å². The first kappa shape index (κ1) is 13.9. The molecule has 20 heavy (non-hydrogen) atoms. The number of hydrogen-bond acceptors (Lipinski definition) is 3. The lowest BCUT2D eigenvalue weighted by Gasteiger charge is -2.34. The standard InChI is InChI=1S/C17H26N2O/c1-13-3-4-14(2)17(11-13)20-10-9-19-8-6-16-15(12-19)5-7-18-16/h3-4,11,15-16,18H,5-10,12H2,1-2H3. The van der Waals surface area contributed by atoms with E-state index in [0.717, 1.165) is 30.9 Å². The molecule has 2 saturated heterocycles. The van der Waals surface area contributed by atoms with E-state index in [9.17, 15) is 0 Å². The SMILES string of the molecule is Cc1ccc(C)c(OCCN2CCC3NCCC3C2)c1. The minimum atomic E-state index is 0.784. The van der Waals surface area contributed by atoms with Crippen molar-refractivity contribution in [3.05, 3.63) is 29.3 Å². The summed E-state index contributed by atoms with van der Waals surface area (Å²) in [7, 11) is 0. The number of aryl methyl sites for hydroxylation is 2. The molecule has 0 saturated carbocycles. The van der Waals surface area contributed by atoms with Crippen molar-refractivity contribution in [2.45, 2.75) is 32.7 Å². The summed E-state index contributed by atoms with van der Waals surface area (Å²) < 4.78 is 5.97. The maximum absolute atomic E-state index is 5.97. The Morgan fingerprint density at radius 3 is 3.10 bits per heavy atom. The zero-order valence-corrected chi connectivity index (χ0v) is 12.7. The number of likely N-dealkylation sites (tertiary alicyclic amines) is 1. The van der Waals surface area contributed by atoms with Gasteiger partial charge in [-0.3, -0.25) is 4.90 Å². The van der Waals surface area contributed by atoms with Gasteiger partial charge in [0.05, 0.1) is 0 Å². The molecule has 3 nitrogen and oxygen atoms in total. The number of piperidine rings is 1. The molecule has 0 radical (unpaired) electrons. The molecule has 3 heteroatoms. The Balaban J connectivity index is 1.47. The smallest absolute Gasteiger partial charge is 0.122 e. The van der Waals surface area contributed by atoms with E-state index in [2.05, 4.69) is 42.3 Å². The first-order valence-corrected chi connectivity index (χ1v) is 7.88. The molecule has 0 spiro atoms. The molecular formula is C17H26N2O. The largest absolute Gasteiger partial charge is 0.492 e. The molecule has 2 atom stereocenters. The lowest BCUT2D eigenvalue weighted by Crippen LogP contribution is -2.45. The molecule has 2 aliphatic rings. The summed E-state index contributed by atoms with van der Waals surface area (Å²) in [5, 5.41) is 3.62. The summed E-state index contributed by atoms with van der Waals surface area (Å²) >= 11 is 0. The highest BCUT2D eigenvalue weighted by atomic mass is 16.5. The quantitative estimate of drug-likeness (QED) is 0.912. The van der Waals surface area contributed by atoms with Crippen molar-refractivity contribution in [2.75, 3.05) is 32.8 Å². The van der Waals surface area contributed by atoms with Crippen molar-refractivity contribution in [2.24, 2.45) is 5.92 Å². The van der Waals surface area contributed by atoms with Crippen molar-refractivity contribution >= 4 is 0 Å². The van der Waals surface area contributed by atoms with Gasteiger partial charge >= 0.3 is 0 Å². The third-order valence-electron chi connectivity index (χ3n) is 4.75. The molecule has 1 N–H and O–H groups in total. The van der Waals surface area contributed by atoms with Crippen LogP contribution in [0.1, 0.15) is 24.0 Å². The molecule has 2 fully saturated rings. The van der Waals surface area contributed by atoms with Crippen LogP contribution >= 0.6 is 0 Å². The molecule has 2 aliphatic heterocycles. The fourth-order valence-electron chi connectivity index (χ4n) is 3.47. The number of hydrogen-bond donors (Lipinski definition) is 1. The van der Waals surface area contributed by atoms with Gasteiger partial charge in [-0.2, -0.15) is 0 Å². The van der Waals surface area contributed by atoms with Gasteiger partial charge in [0.1, 0.15) is 12.4 Å². The molecule has 3 rings (SSSR count). The summed E-state index contributed by atoms with van der Waals surface area (Å²) in [5.41, 5.74) is 2.50. The minimum Gasteiger partial charge on any atom is -0.492 e. The van der Waals surface area contributed by atoms with E-state index in [0.29, 0.717) is 0 Å². The molecule has 1 aromatic rings. The maximum Gasteiger partial charge on any atom is 0.122 e. The monoisotopic (exact) mass is 274 g/mol. The second-order valence-corrected chi connectivity index (χ2v) is 6.32.